The fourth-order valence-corrected chi connectivity index (χ4v) is 2.20. The van der Waals surface area contributed by atoms with Crippen molar-refractivity contribution in [1.29, 1.82) is 0 Å². The molecule has 2 aromatic rings. The highest BCUT2D eigenvalue weighted by molar-refractivity contribution is 7.99. The molecule has 1 saturated carbocycles. The van der Waals surface area contributed by atoms with Gasteiger partial charge in [-0.2, -0.15) is 0 Å². The maximum absolute atomic E-state index is 8.53. The number of nitrogens with zero attached hydrogens (tertiary/aromatic N) is 7. The number of tetrazole rings is 1. The molecule has 2 heterocycles. The lowest BCUT2D eigenvalue weighted by molar-refractivity contribution is 0.318. The van der Waals surface area contributed by atoms with E-state index >= 15 is 0 Å². The van der Waals surface area contributed by atoms with Gasteiger partial charge in [-0.15, -0.1) is 5.10 Å². The van der Waals surface area contributed by atoms with Crippen LogP contribution < -0.4 is 5.73 Å². The fraction of sp³-hybridized carbons (Fsp3) is 0.333. The van der Waals surface area contributed by atoms with Crippen LogP contribution in [0, 0.1) is 0 Å². The van der Waals surface area contributed by atoms with Crippen molar-refractivity contribution in [3.8, 4) is 0 Å². The fourth-order valence-electron chi connectivity index (χ4n) is 1.45. The van der Waals surface area contributed by atoms with Gasteiger partial charge < -0.3 is 10.9 Å². The van der Waals surface area contributed by atoms with Crippen molar-refractivity contribution >= 4 is 17.6 Å². The van der Waals surface area contributed by atoms with Crippen molar-refractivity contribution in [2.75, 3.05) is 0 Å². The highest BCUT2D eigenvalue weighted by Crippen LogP contribution is 2.37. The molecular formula is C9H10N8OS. The van der Waals surface area contributed by atoms with Crippen molar-refractivity contribution in [3.63, 3.8) is 0 Å². The quantitative estimate of drug-likeness (QED) is 0.347. The van der Waals surface area contributed by atoms with E-state index in [2.05, 4.69) is 30.6 Å². The van der Waals surface area contributed by atoms with Crippen LogP contribution in [-0.4, -0.2) is 41.2 Å². The summed E-state index contributed by atoms with van der Waals surface area (Å²) < 4.78 is 1.80. The monoisotopic (exact) mass is 278 g/mol. The average Bonchev–Trinajstić information content (AvgIpc) is 3.19. The van der Waals surface area contributed by atoms with E-state index in [1.165, 1.54) is 24.2 Å². The third-order valence-corrected chi connectivity index (χ3v) is 3.42. The van der Waals surface area contributed by atoms with Crippen LogP contribution in [-0.2, 0) is 0 Å². The summed E-state index contributed by atoms with van der Waals surface area (Å²) in [6.07, 6.45) is 5.17. The van der Waals surface area contributed by atoms with Gasteiger partial charge in [0.25, 0.3) is 0 Å². The standard InChI is InChI=1S/C9H10N8OS/c10-8(14-18)6-3-12-7(4-11-6)19-9-13-15-16-17(9)5-1-2-5/h3-5,18H,1-2H2,(H2,10,14). The van der Waals surface area contributed by atoms with Crippen molar-refractivity contribution < 1.29 is 5.21 Å². The molecule has 0 aliphatic heterocycles. The molecule has 19 heavy (non-hydrogen) atoms. The van der Waals surface area contributed by atoms with Gasteiger partial charge in [-0.3, -0.25) is 0 Å². The van der Waals surface area contributed by atoms with Gasteiger partial charge in [0.05, 0.1) is 18.4 Å². The molecule has 0 unspecified atom stereocenters. The molecule has 10 heteroatoms. The molecule has 2 aromatic heterocycles. The first-order valence-electron chi connectivity index (χ1n) is 5.53. The van der Waals surface area contributed by atoms with E-state index in [-0.39, 0.29) is 5.84 Å². The minimum Gasteiger partial charge on any atom is -0.409 e. The topological polar surface area (TPSA) is 128 Å². The molecular weight excluding hydrogens is 268 g/mol. The van der Waals surface area contributed by atoms with Gasteiger partial charge in [-0.05, 0) is 35.0 Å². The smallest absolute Gasteiger partial charge is 0.215 e. The largest absolute Gasteiger partial charge is 0.409 e. The molecule has 0 saturated heterocycles. The van der Waals surface area contributed by atoms with E-state index in [1.807, 2.05) is 0 Å². The van der Waals surface area contributed by atoms with E-state index in [9.17, 15) is 0 Å². The van der Waals surface area contributed by atoms with Gasteiger partial charge in [0.1, 0.15) is 10.7 Å². The number of aromatic nitrogens is 6. The minimum absolute atomic E-state index is 0.0770. The molecule has 1 aliphatic carbocycles. The summed E-state index contributed by atoms with van der Waals surface area (Å²) in [6.45, 7) is 0. The molecule has 1 aliphatic rings. The van der Waals surface area contributed by atoms with Crippen LogP contribution >= 0.6 is 11.8 Å². The Morgan fingerprint density at radius 1 is 1.42 bits per heavy atom. The number of hydrogen-bond donors (Lipinski definition) is 2. The first kappa shape index (κ1) is 11.8. The lowest BCUT2D eigenvalue weighted by atomic mass is 10.4. The predicted molar refractivity (Wildman–Crippen MR) is 64.8 cm³/mol. The number of rotatable bonds is 4. The van der Waals surface area contributed by atoms with Gasteiger partial charge in [0.2, 0.25) is 5.16 Å². The van der Waals surface area contributed by atoms with E-state index in [0.717, 1.165) is 12.8 Å². The Labute approximate surface area is 111 Å². The summed E-state index contributed by atoms with van der Waals surface area (Å²) in [4.78, 5) is 8.21. The maximum Gasteiger partial charge on any atom is 0.215 e. The number of hydrogen-bond acceptors (Lipinski definition) is 8. The lowest BCUT2D eigenvalue weighted by Crippen LogP contribution is -2.15. The Morgan fingerprint density at radius 2 is 2.26 bits per heavy atom. The Kier molecular flexibility index (Phi) is 2.99. The van der Waals surface area contributed by atoms with Crippen LogP contribution in [0.1, 0.15) is 24.6 Å². The molecule has 0 spiro atoms. The summed E-state index contributed by atoms with van der Waals surface area (Å²) in [6, 6.07) is 0.405. The van der Waals surface area contributed by atoms with Crippen LogP contribution in [0.2, 0.25) is 0 Å². The van der Waals surface area contributed by atoms with Gasteiger partial charge in [-0.1, -0.05) is 5.16 Å². The SMILES string of the molecule is NC(=NO)c1cnc(Sc2nnnn2C2CC2)cn1. The highest BCUT2D eigenvalue weighted by Gasteiger charge is 2.28. The molecule has 0 radical (unpaired) electrons. The summed E-state index contributed by atoms with van der Waals surface area (Å²) in [5.74, 6) is -0.0770. The summed E-state index contributed by atoms with van der Waals surface area (Å²) in [7, 11) is 0. The predicted octanol–water partition coefficient (Wildman–Crippen LogP) is 0.0437. The summed E-state index contributed by atoms with van der Waals surface area (Å²) in [5, 5.41) is 24.3. The number of nitrogens with two attached hydrogens (primary N) is 1. The van der Waals surface area contributed by atoms with Crippen LogP contribution in [0.3, 0.4) is 0 Å². The zero-order valence-corrected chi connectivity index (χ0v) is 10.5. The third-order valence-electron chi connectivity index (χ3n) is 2.55. The van der Waals surface area contributed by atoms with Crippen LogP contribution in [0.5, 0.6) is 0 Å². The normalized spacial score (nSPS) is 15.7. The second kappa shape index (κ2) is 4.80. The van der Waals surface area contributed by atoms with Gasteiger partial charge >= 0.3 is 0 Å². The van der Waals surface area contributed by atoms with Gasteiger partial charge in [0, 0.05) is 0 Å². The Morgan fingerprint density at radius 3 is 2.89 bits per heavy atom. The first-order valence-corrected chi connectivity index (χ1v) is 6.35. The second-order valence-corrected chi connectivity index (χ2v) is 4.95. The van der Waals surface area contributed by atoms with Crippen LogP contribution in [0.25, 0.3) is 0 Å². The molecule has 98 valence electrons. The minimum atomic E-state index is -0.0770. The average molecular weight is 278 g/mol. The summed E-state index contributed by atoms with van der Waals surface area (Å²) >= 11 is 1.33. The van der Waals surface area contributed by atoms with E-state index in [1.54, 1.807) is 4.68 Å². The molecule has 0 aromatic carbocycles. The molecule has 3 N–H and O–H groups in total. The Hall–Kier alpha value is -2.23. The zero-order chi connectivity index (χ0) is 13.2. The van der Waals surface area contributed by atoms with E-state index < -0.39 is 0 Å². The number of oxime groups is 1. The van der Waals surface area contributed by atoms with Crippen LogP contribution in [0.4, 0.5) is 0 Å². The second-order valence-electron chi connectivity index (χ2n) is 3.96. The van der Waals surface area contributed by atoms with E-state index in [0.29, 0.717) is 21.9 Å². The van der Waals surface area contributed by atoms with Crippen molar-refractivity contribution in [3.05, 3.63) is 18.1 Å². The Balaban J connectivity index is 1.77. The Bertz CT molecular complexity index is 605. The van der Waals surface area contributed by atoms with E-state index in [4.69, 9.17) is 10.9 Å². The van der Waals surface area contributed by atoms with Crippen molar-refractivity contribution in [2.24, 2.45) is 10.9 Å². The highest BCUT2D eigenvalue weighted by atomic mass is 32.2. The molecule has 0 bridgehead atoms. The van der Waals surface area contributed by atoms with Gasteiger partial charge in [0.15, 0.2) is 5.84 Å². The van der Waals surface area contributed by atoms with Crippen molar-refractivity contribution in [2.45, 2.75) is 29.1 Å². The molecule has 3 rings (SSSR count). The van der Waals surface area contributed by atoms with Gasteiger partial charge in [-0.25, -0.2) is 14.6 Å². The number of amidine groups is 1. The molecule has 1 fully saturated rings. The first-order chi connectivity index (χ1) is 9.28. The molecule has 9 nitrogen and oxygen atoms in total. The molecule has 0 atom stereocenters. The maximum atomic E-state index is 8.53. The summed E-state index contributed by atoms with van der Waals surface area (Å²) in [5.41, 5.74) is 5.72. The van der Waals surface area contributed by atoms with Crippen molar-refractivity contribution in [1.82, 2.24) is 30.2 Å². The third kappa shape index (κ3) is 2.47. The molecule has 0 amide bonds. The van der Waals surface area contributed by atoms with Crippen LogP contribution in [0.15, 0.2) is 27.7 Å². The lowest BCUT2D eigenvalue weighted by Gasteiger charge is -2.02. The zero-order valence-electron chi connectivity index (χ0n) is 9.71.